The van der Waals surface area contributed by atoms with E-state index in [2.05, 4.69) is 5.32 Å². The van der Waals surface area contributed by atoms with Gasteiger partial charge in [-0.1, -0.05) is 0 Å². The van der Waals surface area contributed by atoms with E-state index < -0.39 is 15.9 Å². The highest BCUT2D eigenvalue weighted by molar-refractivity contribution is 7.90. The molecule has 0 aliphatic carbocycles. The number of fused-ring (bicyclic) bond motifs is 1. The van der Waals surface area contributed by atoms with Crippen LogP contribution in [0.15, 0.2) is 23.1 Å². The number of nitriles is 1. The Morgan fingerprint density at radius 1 is 1.56 bits per heavy atom. The Morgan fingerprint density at radius 3 is 2.94 bits per heavy atom. The van der Waals surface area contributed by atoms with Crippen molar-refractivity contribution < 1.29 is 13.2 Å². The molecule has 0 amide bonds. The molecule has 1 heterocycles. The maximum Gasteiger partial charge on any atom is 0.201 e. The molecule has 2 rings (SSSR count). The van der Waals surface area contributed by atoms with Gasteiger partial charge in [-0.2, -0.15) is 5.26 Å². The summed E-state index contributed by atoms with van der Waals surface area (Å²) in [5.74, 6) is 0.505. The van der Waals surface area contributed by atoms with Crippen molar-refractivity contribution in [3.8, 4) is 11.8 Å². The van der Waals surface area contributed by atoms with Crippen molar-refractivity contribution in [2.24, 2.45) is 0 Å². The zero-order chi connectivity index (χ0) is 11.8. The van der Waals surface area contributed by atoms with Crippen LogP contribution in [0.1, 0.15) is 0 Å². The van der Waals surface area contributed by atoms with E-state index in [1.165, 1.54) is 12.1 Å². The van der Waals surface area contributed by atoms with Crippen LogP contribution in [0, 0.1) is 11.3 Å². The number of nitrogens with zero attached hydrogens (tertiary/aromatic N) is 1. The highest BCUT2D eigenvalue weighted by Gasteiger charge is 2.20. The third-order valence-corrected chi connectivity index (χ3v) is 3.38. The van der Waals surface area contributed by atoms with Crippen LogP contribution in [0.3, 0.4) is 0 Å². The van der Waals surface area contributed by atoms with Crippen LogP contribution in [-0.4, -0.2) is 27.3 Å². The largest absolute Gasteiger partial charge is 0.472 e. The summed E-state index contributed by atoms with van der Waals surface area (Å²) in [6, 6.07) is 6.52. The van der Waals surface area contributed by atoms with Crippen molar-refractivity contribution in [1.29, 1.82) is 5.26 Å². The minimum absolute atomic E-state index is 0.234. The summed E-state index contributed by atoms with van der Waals surface area (Å²) < 4.78 is 28.0. The molecule has 0 fully saturated rings. The van der Waals surface area contributed by atoms with Crippen LogP contribution >= 0.6 is 0 Å². The normalized spacial score (nSPS) is 18.9. The van der Waals surface area contributed by atoms with Gasteiger partial charge in [0, 0.05) is 6.26 Å². The van der Waals surface area contributed by atoms with Crippen molar-refractivity contribution in [2.45, 2.75) is 11.0 Å². The predicted molar refractivity (Wildman–Crippen MR) is 58.1 cm³/mol. The van der Waals surface area contributed by atoms with Gasteiger partial charge in [0.1, 0.15) is 11.8 Å². The van der Waals surface area contributed by atoms with E-state index in [0.717, 1.165) is 6.26 Å². The first-order valence-electron chi connectivity index (χ1n) is 4.65. The number of anilines is 1. The molecule has 1 aliphatic rings. The van der Waals surface area contributed by atoms with E-state index in [0.29, 0.717) is 18.0 Å². The lowest BCUT2D eigenvalue weighted by Gasteiger charge is -2.23. The molecular weight excluding hydrogens is 228 g/mol. The van der Waals surface area contributed by atoms with Crippen LogP contribution in [0.2, 0.25) is 0 Å². The summed E-state index contributed by atoms with van der Waals surface area (Å²) in [6.07, 6.45) is 0.618. The van der Waals surface area contributed by atoms with Crippen LogP contribution in [0.4, 0.5) is 5.69 Å². The minimum Gasteiger partial charge on any atom is -0.472 e. The number of sulfone groups is 1. The van der Waals surface area contributed by atoms with E-state index in [1.807, 2.05) is 6.07 Å². The summed E-state index contributed by atoms with van der Waals surface area (Å²) >= 11 is 0. The van der Waals surface area contributed by atoms with E-state index in [4.69, 9.17) is 10.00 Å². The van der Waals surface area contributed by atoms with Gasteiger partial charge in [0.15, 0.2) is 9.84 Å². The lowest BCUT2D eigenvalue weighted by molar-refractivity contribution is 0.259. The Kier molecular flexibility index (Phi) is 2.48. The second-order valence-electron chi connectivity index (χ2n) is 3.55. The molecule has 5 nitrogen and oxygen atoms in total. The molecule has 1 aromatic rings. The van der Waals surface area contributed by atoms with Crippen LogP contribution < -0.4 is 10.1 Å². The SMILES string of the molecule is CS(=O)(=O)c1ccc2c(c1)NCC(C#N)O2. The molecule has 0 saturated heterocycles. The summed E-state index contributed by atoms with van der Waals surface area (Å²) in [6.45, 7) is 0.358. The highest BCUT2D eigenvalue weighted by Crippen LogP contribution is 2.31. The molecule has 1 aliphatic heterocycles. The third kappa shape index (κ3) is 1.95. The zero-order valence-corrected chi connectivity index (χ0v) is 9.41. The zero-order valence-electron chi connectivity index (χ0n) is 8.60. The van der Waals surface area contributed by atoms with Gasteiger partial charge in [-0.05, 0) is 18.2 Å². The fraction of sp³-hybridized carbons (Fsp3) is 0.300. The summed E-state index contributed by atoms with van der Waals surface area (Å²) in [7, 11) is -3.22. The summed E-state index contributed by atoms with van der Waals surface area (Å²) in [5.41, 5.74) is 0.606. The van der Waals surface area contributed by atoms with Gasteiger partial charge in [0.05, 0.1) is 17.1 Å². The maximum absolute atomic E-state index is 11.3. The molecule has 0 radical (unpaired) electrons. The third-order valence-electron chi connectivity index (χ3n) is 2.27. The van der Waals surface area contributed by atoms with Crippen molar-refractivity contribution in [1.82, 2.24) is 0 Å². The van der Waals surface area contributed by atoms with Crippen molar-refractivity contribution >= 4 is 15.5 Å². The minimum atomic E-state index is -3.22. The predicted octanol–water partition coefficient (Wildman–Crippen LogP) is 0.787. The quantitative estimate of drug-likeness (QED) is 0.782. The number of ether oxygens (including phenoxy) is 1. The number of hydrogen-bond acceptors (Lipinski definition) is 5. The van der Waals surface area contributed by atoms with E-state index >= 15 is 0 Å². The maximum atomic E-state index is 11.3. The molecular formula is C10H10N2O3S. The lowest BCUT2D eigenvalue weighted by atomic mass is 10.2. The molecule has 1 atom stereocenters. The molecule has 0 saturated carbocycles. The van der Waals surface area contributed by atoms with Crippen LogP contribution in [-0.2, 0) is 9.84 Å². The standard InChI is InChI=1S/C10H10N2O3S/c1-16(13,14)8-2-3-10-9(4-8)12-6-7(5-11)15-10/h2-4,7,12H,6H2,1H3. The molecule has 0 bridgehead atoms. The summed E-state index contributed by atoms with van der Waals surface area (Å²) in [5, 5.41) is 11.7. The fourth-order valence-corrected chi connectivity index (χ4v) is 2.10. The molecule has 84 valence electrons. The van der Waals surface area contributed by atoms with Crippen molar-refractivity contribution in [3.63, 3.8) is 0 Å². The average molecular weight is 238 g/mol. The second-order valence-corrected chi connectivity index (χ2v) is 5.56. The Bertz CT molecular complexity index is 560. The van der Waals surface area contributed by atoms with E-state index in [1.54, 1.807) is 6.07 Å². The molecule has 6 heteroatoms. The van der Waals surface area contributed by atoms with E-state index in [-0.39, 0.29) is 4.90 Å². The number of rotatable bonds is 1. The van der Waals surface area contributed by atoms with Gasteiger partial charge < -0.3 is 10.1 Å². The Balaban J connectivity index is 2.40. The van der Waals surface area contributed by atoms with E-state index in [9.17, 15) is 8.42 Å². The molecule has 1 N–H and O–H groups in total. The monoisotopic (exact) mass is 238 g/mol. The topological polar surface area (TPSA) is 79.2 Å². The Morgan fingerprint density at radius 2 is 2.31 bits per heavy atom. The molecule has 16 heavy (non-hydrogen) atoms. The number of hydrogen-bond donors (Lipinski definition) is 1. The van der Waals surface area contributed by atoms with Gasteiger partial charge in [-0.25, -0.2) is 8.42 Å². The first-order valence-corrected chi connectivity index (χ1v) is 6.54. The van der Waals surface area contributed by atoms with Crippen LogP contribution in [0.5, 0.6) is 5.75 Å². The van der Waals surface area contributed by atoms with Gasteiger partial charge in [-0.15, -0.1) is 0 Å². The Labute approximate surface area is 93.6 Å². The molecule has 1 unspecified atom stereocenters. The molecule has 1 aromatic carbocycles. The second kappa shape index (κ2) is 3.68. The average Bonchev–Trinajstić information content (AvgIpc) is 2.26. The van der Waals surface area contributed by atoms with Crippen molar-refractivity contribution in [2.75, 3.05) is 18.1 Å². The number of benzene rings is 1. The van der Waals surface area contributed by atoms with Gasteiger partial charge in [-0.3, -0.25) is 0 Å². The first-order chi connectivity index (χ1) is 7.50. The Hall–Kier alpha value is -1.74. The van der Waals surface area contributed by atoms with Gasteiger partial charge in [0.25, 0.3) is 0 Å². The van der Waals surface area contributed by atoms with Gasteiger partial charge >= 0.3 is 0 Å². The van der Waals surface area contributed by atoms with Crippen LogP contribution in [0.25, 0.3) is 0 Å². The molecule has 0 aromatic heterocycles. The molecule has 0 spiro atoms. The fourth-order valence-electron chi connectivity index (χ4n) is 1.45. The smallest absolute Gasteiger partial charge is 0.201 e. The summed E-state index contributed by atoms with van der Waals surface area (Å²) in [4.78, 5) is 0.234. The van der Waals surface area contributed by atoms with Crippen molar-refractivity contribution in [3.05, 3.63) is 18.2 Å². The lowest BCUT2D eigenvalue weighted by Crippen LogP contribution is -2.29. The number of nitrogens with one attached hydrogen (secondary N) is 1. The highest BCUT2D eigenvalue weighted by atomic mass is 32.2. The van der Waals surface area contributed by atoms with Gasteiger partial charge in [0.2, 0.25) is 6.10 Å². The first kappa shape index (κ1) is 10.8.